The molecule has 18 heavy (non-hydrogen) atoms. The van der Waals surface area contributed by atoms with E-state index < -0.39 is 17.6 Å². The molecule has 2 N–H and O–H groups in total. The first kappa shape index (κ1) is 13.4. The summed E-state index contributed by atoms with van der Waals surface area (Å²) < 4.78 is 39.0. The Morgan fingerprint density at radius 3 is 2.44 bits per heavy atom. The van der Waals surface area contributed by atoms with Crippen LogP contribution in [0.3, 0.4) is 0 Å². The molecule has 0 saturated carbocycles. The molecule has 5 heteroatoms. The number of hydrogen-bond acceptors (Lipinski definition) is 2. The molecule has 0 spiro atoms. The molecule has 1 aliphatic heterocycles. The van der Waals surface area contributed by atoms with Crippen LogP contribution >= 0.6 is 0 Å². The molecular weight excluding hydrogens is 241 g/mol. The molecule has 1 saturated heterocycles. The molecule has 1 aromatic carbocycles. The SMILES string of the molecule is CC1(C(F)(F)F)CN(Cc2ccccc2)CC1N. The van der Waals surface area contributed by atoms with E-state index in [1.54, 1.807) is 4.90 Å². The molecule has 2 unspecified atom stereocenters. The molecule has 100 valence electrons. The van der Waals surface area contributed by atoms with Crippen LogP contribution in [-0.2, 0) is 6.54 Å². The van der Waals surface area contributed by atoms with Crippen molar-refractivity contribution in [1.29, 1.82) is 0 Å². The van der Waals surface area contributed by atoms with Crippen LogP contribution in [0.1, 0.15) is 12.5 Å². The van der Waals surface area contributed by atoms with E-state index >= 15 is 0 Å². The van der Waals surface area contributed by atoms with Gasteiger partial charge >= 0.3 is 6.18 Å². The maximum Gasteiger partial charge on any atom is 0.396 e. The van der Waals surface area contributed by atoms with Gasteiger partial charge in [0.1, 0.15) is 0 Å². The van der Waals surface area contributed by atoms with E-state index in [0.717, 1.165) is 5.56 Å². The minimum atomic E-state index is -4.25. The largest absolute Gasteiger partial charge is 0.396 e. The summed E-state index contributed by atoms with van der Waals surface area (Å²) in [5, 5.41) is 0. The van der Waals surface area contributed by atoms with Crippen LogP contribution in [0.5, 0.6) is 0 Å². The predicted octanol–water partition coefficient (Wildman–Crippen LogP) is 2.40. The molecule has 0 aliphatic carbocycles. The number of rotatable bonds is 2. The van der Waals surface area contributed by atoms with Crippen LogP contribution in [-0.4, -0.2) is 30.2 Å². The molecule has 0 radical (unpaired) electrons. The van der Waals surface area contributed by atoms with Gasteiger partial charge in [0.2, 0.25) is 0 Å². The van der Waals surface area contributed by atoms with Gasteiger partial charge in [0.25, 0.3) is 0 Å². The molecule has 1 aliphatic rings. The van der Waals surface area contributed by atoms with Crippen molar-refractivity contribution in [3.05, 3.63) is 35.9 Å². The van der Waals surface area contributed by atoms with E-state index in [4.69, 9.17) is 5.73 Å². The van der Waals surface area contributed by atoms with Gasteiger partial charge in [-0.2, -0.15) is 13.2 Å². The van der Waals surface area contributed by atoms with Gasteiger partial charge in [-0.15, -0.1) is 0 Å². The van der Waals surface area contributed by atoms with Crippen LogP contribution in [0.2, 0.25) is 0 Å². The van der Waals surface area contributed by atoms with Crippen molar-refractivity contribution < 1.29 is 13.2 Å². The normalized spacial score (nSPS) is 29.7. The van der Waals surface area contributed by atoms with Crippen molar-refractivity contribution in [2.75, 3.05) is 13.1 Å². The lowest BCUT2D eigenvalue weighted by molar-refractivity contribution is -0.216. The topological polar surface area (TPSA) is 29.3 Å². The standard InChI is InChI=1S/C13H17F3N2/c1-12(13(14,15)16)9-18(8-11(12)17)7-10-5-3-2-4-6-10/h2-6,11H,7-9,17H2,1H3. The van der Waals surface area contributed by atoms with Gasteiger partial charge in [0.05, 0.1) is 5.41 Å². The second-order valence-corrected chi connectivity index (χ2v) is 5.18. The van der Waals surface area contributed by atoms with E-state index in [1.807, 2.05) is 30.3 Å². The third-order valence-electron chi connectivity index (χ3n) is 3.72. The van der Waals surface area contributed by atoms with Crippen LogP contribution < -0.4 is 5.73 Å². The molecule has 0 bridgehead atoms. The molecule has 2 atom stereocenters. The summed E-state index contributed by atoms with van der Waals surface area (Å²) in [6.45, 7) is 1.97. The fourth-order valence-corrected chi connectivity index (χ4v) is 2.39. The van der Waals surface area contributed by atoms with Gasteiger partial charge in [0.15, 0.2) is 0 Å². The first-order valence-electron chi connectivity index (χ1n) is 5.91. The number of hydrogen-bond donors (Lipinski definition) is 1. The highest BCUT2D eigenvalue weighted by Crippen LogP contribution is 2.44. The second-order valence-electron chi connectivity index (χ2n) is 5.18. The highest BCUT2D eigenvalue weighted by molar-refractivity contribution is 5.15. The van der Waals surface area contributed by atoms with Crippen LogP contribution in [0.15, 0.2) is 30.3 Å². The van der Waals surface area contributed by atoms with E-state index in [9.17, 15) is 13.2 Å². The Labute approximate surface area is 105 Å². The zero-order valence-corrected chi connectivity index (χ0v) is 10.2. The summed E-state index contributed by atoms with van der Waals surface area (Å²) in [4.78, 5) is 1.77. The average molecular weight is 258 g/mol. The quantitative estimate of drug-likeness (QED) is 0.882. The van der Waals surface area contributed by atoms with E-state index in [0.29, 0.717) is 6.54 Å². The monoisotopic (exact) mass is 258 g/mol. The zero-order chi connectivity index (χ0) is 13.4. The molecule has 0 amide bonds. The summed E-state index contributed by atoms with van der Waals surface area (Å²) in [5.41, 5.74) is 4.89. The molecular formula is C13H17F3N2. The van der Waals surface area contributed by atoms with Gasteiger partial charge in [0, 0.05) is 25.7 Å². The zero-order valence-electron chi connectivity index (χ0n) is 10.2. The number of halogens is 3. The second kappa shape index (κ2) is 4.55. The van der Waals surface area contributed by atoms with Crippen molar-refractivity contribution in [2.45, 2.75) is 25.7 Å². The van der Waals surface area contributed by atoms with Crippen molar-refractivity contribution in [1.82, 2.24) is 4.90 Å². The highest BCUT2D eigenvalue weighted by Gasteiger charge is 2.58. The Kier molecular flexibility index (Phi) is 3.38. The highest BCUT2D eigenvalue weighted by atomic mass is 19.4. The Morgan fingerprint density at radius 1 is 1.33 bits per heavy atom. The van der Waals surface area contributed by atoms with E-state index in [-0.39, 0.29) is 13.1 Å². The number of nitrogens with two attached hydrogens (primary N) is 1. The predicted molar refractivity (Wildman–Crippen MR) is 63.9 cm³/mol. The number of nitrogens with zero attached hydrogens (tertiary/aromatic N) is 1. The summed E-state index contributed by atoms with van der Waals surface area (Å²) in [6.07, 6.45) is -4.25. The lowest BCUT2D eigenvalue weighted by Crippen LogP contribution is -2.48. The third-order valence-corrected chi connectivity index (χ3v) is 3.72. The van der Waals surface area contributed by atoms with Gasteiger partial charge < -0.3 is 5.73 Å². The summed E-state index contributed by atoms with van der Waals surface area (Å²) >= 11 is 0. The lowest BCUT2D eigenvalue weighted by atomic mass is 9.85. The summed E-state index contributed by atoms with van der Waals surface area (Å²) in [6, 6.07) is 8.62. The first-order valence-corrected chi connectivity index (χ1v) is 5.91. The molecule has 2 rings (SSSR count). The fraction of sp³-hybridized carbons (Fsp3) is 0.538. The summed E-state index contributed by atoms with van der Waals surface area (Å²) in [5.74, 6) is 0. The number of benzene rings is 1. The maximum atomic E-state index is 13.0. The molecule has 2 nitrogen and oxygen atoms in total. The van der Waals surface area contributed by atoms with Gasteiger partial charge in [-0.1, -0.05) is 30.3 Å². The van der Waals surface area contributed by atoms with Crippen molar-refractivity contribution in [3.8, 4) is 0 Å². The average Bonchev–Trinajstić information content (AvgIpc) is 2.56. The van der Waals surface area contributed by atoms with Gasteiger partial charge in [-0.25, -0.2) is 0 Å². The smallest absolute Gasteiger partial charge is 0.326 e. The minimum Gasteiger partial charge on any atom is -0.326 e. The minimum absolute atomic E-state index is 0.0352. The Balaban J connectivity index is 2.08. The third kappa shape index (κ3) is 2.37. The van der Waals surface area contributed by atoms with Crippen molar-refractivity contribution in [2.24, 2.45) is 11.1 Å². The van der Waals surface area contributed by atoms with E-state index in [1.165, 1.54) is 6.92 Å². The van der Waals surface area contributed by atoms with Crippen molar-refractivity contribution in [3.63, 3.8) is 0 Å². The Bertz CT molecular complexity index is 404. The van der Waals surface area contributed by atoms with Gasteiger partial charge in [-0.05, 0) is 12.5 Å². The van der Waals surface area contributed by atoms with Crippen LogP contribution in [0.4, 0.5) is 13.2 Å². The lowest BCUT2D eigenvalue weighted by Gasteiger charge is -2.30. The van der Waals surface area contributed by atoms with Gasteiger partial charge in [-0.3, -0.25) is 4.90 Å². The Morgan fingerprint density at radius 2 is 1.94 bits per heavy atom. The number of likely N-dealkylation sites (tertiary alicyclic amines) is 1. The van der Waals surface area contributed by atoms with E-state index in [2.05, 4.69) is 0 Å². The molecule has 1 heterocycles. The molecule has 1 aromatic rings. The fourth-order valence-electron chi connectivity index (χ4n) is 2.39. The maximum absolute atomic E-state index is 13.0. The van der Waals surface area contributed by atoms with Crippen LogP contribution in [0.25, 0.3) is 0 Å². The summed E-state index contributed by atoms with van der Waals surface area (Å²) in [7, 11) is 0. The number of alkyl halides is 3. The van der Waals surface area contributed by atoms with Crippen molar-refractivity contribution >= 4 is 0 Å². The molecule has 0 aromatic heterocycles. The first-order chi connectivity index (χ1) is 8.33. The van der Waals surface area contributed by atoms with Crippen LogP contribution in [0, 0.1) is 5.41 Å². The molecule has 1 fully saturated rings. The Hall–Kier alpha value is -1.07.